The highest BCUT2D eigenvalue weighted by Gasteiger charge is 2.46. The summed E-state index contributed by atoms with van der Waals surface area (Å²) in [7, 11) is 0. The van der Waals surface area contributed by atoms with Crippen LogP contribution >= 0.6 is 0 Å². The number of carbonyl (C=O) groups is 3. The van der Waals surface area contributed by atoms with E-state index in [0.29, 0.717) is 0 Å². The van der Waals surface area contributed by atoms with Gasteiger partial charge in [-0.3, -0.25) is 14.4 Å². The van der Waals surface area contributed by atoms with Gasteiger partial charge in [-0.1, -0.05) is 0 Å². The molecule has 0 bridgehead atoms. The van der Waals surface area contributed by atoms with Gasteiger partial charge in [0.25, 0.3) is 0 Å². The number of ether oxygens (including phenoxy) is 3. The Morgan fingerprint density at radius 3 is 2.23 bits per heavy atom. The first-order chi connectivity index (χ1) is 20.3. The first-order valence-corrected chi connectivity index (χ1v) is 12.4. The molecule has 3 heterocycles. The molecule has 226 valence electrons. The lowest BCUT2D eigenvalue weighted by Gasteiger charge is -2.40. The van der Waals surface area contributed by atoms with Crippen molar-refractivity contribution in [3.05, 3.63) is 47.6 Å². The van der Waals surface area contributed by atoms with Crippen LogP contribution in [0.1, 0.15) is 17.0 Å². The van der Waals surface area contributed by atoms with E-state index in [9.17, 15) is 49.8 Å². The number of carboxylic acid groups (broad SMARTS) is 2. The number of benzene rings is 2. The van der Waals surface area contributed by atoms with Gasteiger partial charge in [0, 0.05) is 17.0 Å². The van der Waals surface area contributed by atoms with Crippen LogP contribution in [0.2, 0.25) is 0 Å². The predicted octanol–water partition coefficient (Wildman–Crippen LogP) is 0.164. The highest BCUT2D eigenvalue weighted by molar-refractivity contribution is 6.11. The van der Waals surface area contributed by atoms with Crippen molar-refractivity contribution >= 4 is 39.8 Å². The summed E-state index contributed by atoms with van der Waals surface area (Å²) in [5.74, 6) is -6.40. The van der Waals surface area contributed by atoms with Crippen molar-refractivity contribution in [3.63, 3.8) is 0 Å². The van der Waals surface area contributed by atoms with Gasteiger partial charge in [0.05, 0.1) is 17.5 Å². The second kappa shape index (κ2) is 11.3. The average Bonchev–Trinajstić information content (AvgIpc) is 2.94. The number of esters is 1. The average molecular weight is 603 g/mol. The molecule has 0 unspecified atom stereocenters. The Morgan fingerprint density at radius 1 is 0.884 bits per heavy atom. The third-order valence-electron chi connectivity index (χ3n) is 6.53. The van der Waals surface area contributed by atoms with Gasteiger partial charge in [-0.15, -0.1) is 0 Å². The molecule has 0 saturated carbocycles. The summed E-state index contributed by atoms with van der Waals surface area (Å²) in [5.41, 5.74) is -0.498. The monoisotopic (exact) mass is 603 g/mol. The Labute approximate surface area is 238 Å². The van der Waals surface area contributed by atoms with E-state index in [2.05, 4.69) is 0 Å². The third-order valence-corrected chi connectivity index (χ3v) is 6.53. The summed E-state index contributed by atoms with van der Waals surface area (Å²) in [5, 5.41) is 70.1. The Bertz CT molecular complexity index is 1800. The van der Waals surface area contributed by atoms with E-state index in [0.717, 1.165) is 24.3 Å². The Kier molecular flexibility index (Phi) is 7.68. The van der Waals surface area contributed by atoms with Gasteiger partial charge >= 0.3 is 23.3 Å². The molecule has 5 rings (SSSR count). The highest BCUT2D eigenvalue weighted by atomic mass is 16.7. The molecule has 1 saturated heterocycles. The summed E-state index contributed by atoms with van der Waals surface area (Å²) in [6.07, 6.45) is -10.1. The van der Waals surface area contributed by atoms with Gasteiger partial charge in [-0.25, -0.2) is 4.79 Å². The smallest absolute Gasteiger partial charge is 0.371 e. The zero-order valence-corrected chi connectivity index (χ0v) is 21.6. The summed E-state index contributed by atoms with van der Waals surface area (Å²) in [6.45, 7) is -0.745. The number of aliphatic hydroxyl groups is 3. The van der Waals surface area contributed by atoms with Crippen LogP contribution in [0.15, 0.2) is 45.2 Å². The van der Waals surface area contributed by atoms with E-state index in [-0.39, 0.29) is 44.4 Å². The third kappa shape index (κ3) is 5.67. The minimum Gasteiger partial charge on any atom is -0.504 e. The SMILES string of the molecule is O=C(O)CC(=O)OC[C@@H]1O[C@H](Oc2c(-c3ccc(O)c(O)c3)oc3cc(=[OH+])cc4oc(C(=O)O)cc2c43)[C@H](O)[C@@H](O)[C@@H]1O. The first kappa shape index (κ1) is 29.3. The van der Waals surface area contributed by atoms with Crippen LogP contribution < -0.4 is 10.2 Å². The van der Waals surface area contributed by atoms with Crippen LogP contribution in [-0.4, -0.2) is 95.8 Å². The molecule has 0 radical (unpaired) electrons. The van der Waals surface area contributed by atoms with Crippen LogP contribution in [0.4, 0.5) is 0 Å². The Balaban J connectivity index is 1.65. The van der Waals surface area contributed by atoms with Gasteiger partial charge in [0.2, 0.25) is 12.1 Å². The molecular weight excluding hydrogens is 580 g/mol. The molecule has 0 amide bonds. The molecule has 2 aromatic heterocycles. The first-order valence-electron chi connectivity index (χ1n) is 12.4. The maximum absolute atomic E-state index is 11.9. The molecule has 1 aliphatic rings. The largest absolute Gasteiger partial charge is 0.504 e. The fraction of sp³-hybridized carbons (Fsp3) is 0.259. The molecule has 0 aliphatic carbocycles. The number of phenolic OH excluding ortho intramolecular Hbond substituents is 2. The fourth-order valence-electron chi connectivity index (χ4n) is 4.51. The van der Waals surface area contributed by atoms with E-state index in [1.165, 1.54) is 12.1 Å². The maximum Gasteiger partial charge on any atom is 0.371 e. The van der Waals surface area contributed by atoms with E-state index < -0.39 is 78.9 Å². The quantitative estimate of drug-likeness (QED) is 0.0612. The van der Waals surface area contributed by atoms with Gasteiger partial charge in [-0.05, 0) is 18.2 Å². The minimum atomic E-state index is -1.95. The zero-order valence-electron chi connectivity index (χ0n) is 21.6. The molecule has 5 atom stereocenters. The molecule has 16 nitrogen and oxygen atoms in total. The number of hydrogen-bond donors (Lipinski definition) is 7. The van der Waals surface area contributed by atoms with Crippen LogP contribution in [0.25, 0.3) is 33.3 Å². The van der Waals surface area contributed by atoms with Gasteiger partial charge in [0.1, 0.15) is 48.6 Å². The van der Waals surface area contributed by atoms with Crippen molar-refractivity contribution in [1.82, 2.24) is 0 Å². The number of aliphatic carboxylic acids is 1. The molecular formula is C27H23O16+. The lowest BCUT2D eigenvalue weighted by Crippen LogP contribution is -2.60. The standard InChI is InChI=1S/C27H22O16/c28-10-4-14-20-11(6-16(40-14)26(37)38)25(24(41-15(20)5-10)9-1-2-12(29)13(30)3-9)43-27-23(36)22(35)21(34)17(42-27)8-39-19(33)7-18(31)32/h1-6,17,21-23,27,29-30,34-36H,7-8H2,(H,31,32)(H,37,38)/p+1/t17-,21+,22-,23+,27+/m0/s1. The van der Waals surface area contributed by atoms with Crippen LogP contribution in [-0.2, 0) is 19.1 Å². The number of rotatable bonds is 8. The number of carbonyl (C=O) groups excluding carboxylic acids is 1. The fourth-order valence-corrected chi connectivity index (χ4v) is 4.51. The van der Waals surface area contributed by atoms with Gasteiger partial charge < -0.3 is 58.8 Å². The Hall–Kier alpha value is -5.16. The second-order valence-corrected chi connectivity index (χ2v) is 9.50. The van der Waals surface area contributed by atoms with Crippen LogP contribution in [0, 0.1) is 0 Å². The molecule has 1 aliphatic heterocycles. The summed E-state index contributed by atoms with van der Waals surface area (Å²) < 4.78 is 27.7. The van der Waals surface area contributed by atoms with Crippen molar-refractivity contribution in [2.24, 2.45) is 0 Å². The minimum absolute atomic E-state index is 0.0247. The van der Waals surface area contributed by atoms with E-state index >= 15 is 0 Å². The Morgan fingerprint density at radius 2 is 1.58 bits per heavy atom. The molecule has 2 aromatic carbocycles. The topological polar surface area (TPSA) is 268 Å². The number of aromatic carboxylic acids is 1. The number of aliphatic hydroxyl groups excluding tert-OH is 3. The van der Waals surface area contributed by atoms with E-state index in [1.807, 2.05) is 0 Å². The van der Waals surface area contributed by atoms with Gasteiger partial charge in [0.15, 0.2) is 23.0 Å². The lowest BCUT2D eigenvalue weighted by atomic mass is 9.99. The predicted molar refractivity (Wildman–Crippen MR) is 137 cm³/mol. The number of hydrogen-bond acceptors (Lipinski definition) is 13. The van der Waals surface area contributed by atoms with Crippen molar-refractivity contribution in [3.8, 4) is 28.6 Å². The number of phenols is 2. The zero-order chi connectivity index (χ0) is 31.2. The van der Waals surface area contributed by atoms with Gasteiger partial charge in [-0.2, -0.15) is 0 Å². The van der Waals surface area contributed by atoms with Crippen molar-refractivity contribution in [2.75, 3.05) is 6.61 Å². The molecule has 4 aromatic rings. The summed E-state index contributed by atoms with van der Waals surface area (Å²) in [4.78, 5) is 44.6. The molecule has 16 heteroatoms. The molecule has 1 fully saturated rings. The number of aromatic hydroxyl groups is 2. The maximum atomic E-state index is 11.9. The second-order valence-electron chi connectivity index (χ2n) is 9.50. The van der Waals surface area contributed by atoms with Crippen LogP contribution in [0.5, 0.6) is 17.2 Å². The van der Waals surface area contributed by atoms with Crippen molar-refractivity contribution in [2.45, 2.75) is 37.1 Å². The number of carboxylic acids is 2. The highest BCUT2D eigenvalue weighted by Crippen LogP contribution is 2.44. The molecule has 8 N–H and O–H groups in total. The summed E-state index contributed by atoms with van der Waals surface area (Å²) in [6, 6.07) is 6.84. The normalized spacial score (nSPS) is 22.0. The van der Waals surface area contributed by atoms with Crippen LogP contribution in [0.3, 0.4) is 0 Å². The van der Waals surface area contributed by atoms with Crippen molar-refractivity contribution < 1.29 is 78.0 Å². The van der Waals surface area contributed by atoms with E-state index in [4.69, 9.17) is 28.2 Å². The molecule has 0 spiro atoms. The lowest BCUT2D eigenvalue weighted by molar-refractivity contribution is -0.278. The molecule has 43 heavy (non-hydrogen) atoms. The summed E-state index contributed by atoms with van der Waals surface area (Å²) >= 11 is 0. The van der Waals surface area contributed by atoms with E-state index in [1.54, 1.807) is 0 Å². The van der Waals surface area contributed by atoms with Crippen molar-refractivity contribution in [1.29, 1.82) is 0 Å².